The van der Waals surface area contributed by atoms with E-state index < -0.39 is 6.36 Å². The Morgan fingerprint density at radius 2 is 2.14 bits per heavy atom. The number of nitrogens with zero attached hydrogens (tertiary/aromatic N) is 1. The topological polar surface area (TPSA) is 58.2 Å². The Kier molecular flexibility index (Phi) is 4.23. The molecule has 2 N–H and O–H groups in total. The van der Waals surface area contributed by atoms with Crippen molar-refractivity contribution in [3.05, 3.63) is 22.5 Å². The van der Waals surface area contributed by atoms with Crippen LogP contribution in [-0.4, -0.2) is 22.6 Å². The number of aliphatic hydroxyl groups excluding tert-OH is 1. The first-order valence-electron chi connectivity index (χ1n) is 5.98. The van der Waals surface area contributed by atoms with E-state index in [0.29, 0.717) is 17.5 Å². The van der Waals surface area contributed by atoms with Gasteiger partial charge >= 0.3 is 6.36 Å². The van der Waals surface area contributed by atoms with Crippen LogP contribution in [0.3, 0.4) is 0 Å². The molecule has 0 amide bonds. The zero-order chi connectivity index (χ0) is 14.5. The van der Waals surface area contributed by atoms with Crippen molar-refractivity contribution in [1.29, 1.82) is 5.41 Å². The minimum atomic E-state index is -4.72. The fourth-order valence-electron chi connectivity index (χ4n) is 2.60. The molecule has 2 heterocycles. The molecule has 1 aromatic heterocycles. The van der Waals surface area contributed by atoms with Crippen molar-refractivity contribution in [1.82, 2.24) is 4.57 Å². The van der Waals surface area contributed by atoms with Gasteiger partial charge in [-0.25, -0.2) is 0 Å². The molecule has 9 heteroatoms. The summed E-state index contributed by atoms with van der Waals surface area (Å²) in [6, 6.07) is 2.48. The van der Waals surface area contributed by atoms with Gasteiger partial charge < -0.3 is 14.4 Å². The number of hydrogen-bond acceptors (Lipinski definition) is 4. The number of nitrogens with one attached hydrogen (secondary N) is 1. The highest BCUT2D eigenvalue weighted by molar-refractivity contribution is 7.16. The molecule has 0 saturated carbocycles. The lowest BCUT2D eigenvalue weighted by Crippen LogP contribution is -2.26. The lowest BCUT2D eigenvalue weighted by molar-refractivity contribution is -0.274. The SMILES string of the molecule is Cl.N=c1sc2cc(OC(F)(F)F)cc3c2n1[C@@H](CO)CC3. The van der Waals surface area contributed by atoms with Gasteiger partial charge in [0.15, 0.2) is 4.80 Å². The molecule has 0 bridgehead atoms. The summed E-state index contributed by atoms with van der Waals surface area (Å²) in [5, 5.41) is 17.3. The summed E-state index contributed by atoms with van der Waals surface area (Å²) >= 11 is 1.09. The van der Waals surface area contributed by atoms with E-state index in [2.05, 4.69) is 4.74 Å². The minimum Gasteiger partial charge on any atom is -0.406 e. The van der Waals surface area contributed by atoms with E-state index in [9.17, 15) is 18.3 Å². The van der Waals surface area contributed by atoms with E-state index in [1.807, 2.05) is 0 Å². The minimum absolute atomic E-state index is 0. The molecule has 0 saturated heterocycles. The van der Waals surface area contributed by atoms with Gasteiger partial charge in [-0.3, -0.25) is 5.41 Å². The fraction of sp³-hybridized carbons (Fsp3) is 0.417. The maximum atomic E-state index is 12.3. The summed E-state index contributed by atoms with van der Waals surface area (Å²) in [7, 11) is 0. The maximum absolute atomic E-state index is 12.3. The van der Waals surface area contributed by atoms with Gasteiger partial charge in [0.1, 0.15) is 5.75 Å². The zero-order valence-corrected chi connectivity index (χ0v) is 12.2. The summed E-state index contributed by atoms with van der Waals surface area (Å²) in [4.78, 5) is 0.226. The van der Waals surface area contributed by atoms with Crippen molar-refractivity contribution in [2.45, 2.75) is 25.2 Å². The molecule has 0 spiro atoms. The molecule has 0 unspecified atom stereocenters. The normalized spacial score (nSPS) is 17.6. The summed E-state index contributed by atoms with van der Waals surface area (Å²) < 4.78 is 43.1. The molecule has 1 aliphatic rings. The highest BCUT2D eigenvalue weighted by atomic mass is 35.5. The van der Waals surface area contributed by atoms with Crippen LogP contribution in [0.25, 0.3) is 10.2 Å². The van der Waals surface area contributed by atoms with Crippen LogP contribution in [0, 0.1) is 5.41 Å². The van der Waals surface area contributed by atoms with Gasteiger partial charge in [0, 0.05) is 0 Å². The third-order valence-corrected chi connectivity index (χ3v) is 4.27. The van der Waals surface area contributed by atoms with Crippen molar-refractivity contribution >= 4 is 34.0 Å². The molecule has 2 aromatic rings. The zero-order valence-electron chi connectivity index (χ0n) is 10.6. The van der Waals surface area contributed by atoms with Crippen molar-refractivity contribution in [2.24, 2.45) is 0 Å². The van der Waals surface area contributed by atoms with Gasteiger partial charge in [0.05, 0.1) is 22.9 Å². The first-order valence-corrected chi connectivity index (χ1v) is 6.80. The van der Waals surface area contributed by atoms with Crippen LogP contribution in [0.15, 0.2) is 12.1 Å². The smallest absolute Gasteiger partial charge is 0.406 e. The first-order chi connectivity index (χ1) is 9.39. The number of thiazole rings is 1. The molecule has 0 aliphatic carbocycles. The average Bonchev–Trinajstić information content (AvgIpc) is 2.66. The number of rotatable bonds is 2. The highest BCUT2D eigenvalue weighted by Gasteiger charge is 2.32. The van der Waals surface area contributed by atoms with Gasteiger partial charge in [-0.2, -0.15) is 0 Å². The molecule has 0 radical (unpaired) electrons. The molecule has 116 valence electrons. The summed E-state index contributed by atoms with van der Waals surface area (Å²) in [5.41, 5.74) is 1.46. The molecule has 0 fully saturated rings. The summed E-state index contributed by atoms with van der Waals surface area (Å²) in [6.45, 7) is -0.0807. The molecule has 21 heavy (non-hydrogen) atoms. The monoisotopic (exact) mass is 340 g/mol. The van der Waals surface area contributed by atoms with E-state index in [4.69, 9.17) is 5.41 Å². The van der Waals surface area contributed by atoms with E-state index in [0.717, 1.165) is 22.4 Å². The van der Waals surface area contributed by atoms with Crippen LogP contribution in [-0.2, 0) is 6.42 Å². The Balaban J connectivity index is 0.00000161. The number of aliphatic hydroxyl groups is 1. The van der Waals surface area contributed by atoms with Crippen LogP contribution in [0.5, 0.6) is 5.75 Å². The van der Waals surface area contributed by atoms with Crippen LogP contribution >= 0.6 is 23.7 Å². The lowest BCUT2D eigenvalue weighted by atomic mass is 9.99. The van der Waals surface area contributed by atoms with E-state index in [1.54, 1.807) is 4.57 Å². The van der Waals surface area contributed by atoms with Crippen LogP contribution in [0.1, 0.15) is 18.0 Å². The Bertz CT molecular complexity index is 726. The second-order valence-corrected chi connectivity index (χ2v) is 5.66. The third-order valence-electron chi connectivity index (χ3n) is 3.35. The van der Waals surface area contributed by atoms with Crippen molar-refractivity contribution in [3.63, 3.8) is 0 Å². The predicted molar refractivity (Wildman–Crippen MR) is 74.0 cm³/mol. The quantitative estimate of drug-likeness (QED) is 0.883. The van der Waals surface area contributed by atoms with E-state index in [-0.39, 0.29) is 35.6 Å². The molecular formula is C12H12ClF3N2O2S. The number of aryl methyl sites for hydroxylation is 1. The van der Waals surface area contributed by atoms with E-state index in [1.165, 1.54) is 12.1 Å². The number of ether oxygens (including phenoxy) is 1. The van der Waals surface area contributed by atoms with Crippen LogP contribution < -0.4 is 9.54 Å². The average molecular weight is 341 g/mol. The van der Waals surface area contributed by atoms with Crippen molar-refractivity contribution in [2.75, 3.05) is 6.61 Å². The predicted octanol–water partition coefficient (Wildman–Crippen LogP) is 2.98. The number of halogens is 4. The van der Waals surface area contributed by atoms with Gasteiger partial charge in [-0.1, -0.05) is 11.3 Å². The first kappa shape index (κ1) is 16.1. The summed E-state index contributed by atoms with van der Waals surface area (Å²) in [5.74, 6) is -0.254. The number of hydrogen-bond donors (Lipinski definition) is 2. The van der Waals surface area contributed by atoms with Crippen molar-refractivity contribution < 1.29 is 23.0 Å². The Hall–Kier alpha value is -1.25. The Morgan fingerprint density at radius 3 is 2.76 bits per heavy atom. The van der Waals surface area contributed by atoms with Gasteiger partial charge in [-0.05, 0) is 30.5 Å². The standard InChI is InChI=1S/C12H11F3N2O2S.ClH/c13-12(14,15)19-8-3-6-1-2-7(5-18)17-10(6)9(4-8)20-11(17)16;/h3-4,7,16,18H,1-2,5H2;1H/t7-;/m1./s1. The summed E-state index contributed by atoms with van der Waals surface area (Å²) in [6.07, 6.45) is -3.56. The second kappa shape index (κ2) is 5.51. The van der Waals surface area contributed by atoms with Gasteiger partial charge in [0.25, 0.3) is 0 Å². The van der Waals surface area contributed by atoms with Crippen molar-refractivity contribution in [3.8, 4) is 5.75 Å². The van der Waals surface area contributed by atoms with Gasteiger partial charge in [0.2, 0.25) is 0 Å². The maximum Gasteiger partial charge on any atom is 0.573 e. The Morgan fingerprint density at radius 1 is 1.43 bits per heavy atom. The van der Waals surface area contributed by atoms with Crippen LogP contribution in [0.2, 0.25) is 0 Å². The molecule has 4 nitrogen and oxygen atoms in total. The second-order valence-electron chi connectivity index (χ2n) is 4.63. The lowest BCUT2D eigenvalue weighted by Gasteiger charge is -2.24. The van der Waals surface area contributed by atoms with Crippen LogP contribution in [0.4, 0.5) is 13.2 Å². The largest absolute Gasteiger partial charge is 0.573 e. The molecule has 1 aromatic carbocycles. The Labute approximate surface area is 127 Å². The molecular weight excluding hydrogens is 329 g/mol. The van der Waals surface area contributed by atoms with E-state index >= 15 is 0 Å². The molecule has 1 atom stereocenters. The highest BCUT2D eigenvalue weighted by Crippen LogP contribution is 2.36. The number of benzene rings is 1. The number of aromatic nitrogens is 1. The molecule has 1 aliphatic heterocycles. The third kappa shape index (κ3) is 2.88. The number of alkyl halides is 3. The fourth-order valence-corrected chi connectivity index (χ4v) is 3.65. The van der Waals surface area contributed by atoms with Gasteiger partial charge in [-0.15, -0.1) is 25.6 Å². The molecule has 3 rings (SSSR count).